The Morgan fingerprint density at radius 2 is 1.02 bits per heavy atom. The zero-order chi connectivity index (χ0) is 32.5. The van der Waals surface area contributed by atoms with Crippen LogP contribution in [0.5, 0.6) is 0 Å². The van der Waals surface area contributed by atoms with Crippen molar-refractivity contribution in [2.75, 3.05) is 0 Å². The molecule has 0 aliphatic rings. The molecular weight excluding hydrogens is 599 g/mol. The van der Waals surface area contributed by atoms with E-state index in [0.29, 0.717) is 11.3 Å². The van der Waals surface area contributed by atoms with Gasteiger partial charge in [0, 0.05) is 22.0 Å². The fraction of sp³-hybridized carbons (Fsp3) is 0. The molecule has 1 heterocycles. The lowest BCUT2D eigenvalue weighted by Crippen LogP contribution is -2.75. The van der Waals surface area contributed by atoms with Gasteiger partial charge in [-0.3, -0.25) is 0 Å². The summed E-state index contributed by atoms with van der Waals surface area (Å²) in [6.07, 6.45) is 0. The van der Waals surface area contributed by atoms with Crippen molar-refractivity contribution >= 4 is 56.3 Å². The molecule has 3 nitrogen and oxygen atoms in total. The highest BCUT2D eigenvalue weighted by molar-refractivity contribution is 7.20. The lowest BCUT2D eigenvalue weighted by molar-refractivity contribution is 1.18. The van der Waals surface area contributed by atoms with Crippen LogP contribution in [0, 0.1) is 17.9 Å². The van der Waals surface area contributed by atoms with E-state index in [4.69, 9.17) is 6.57 Å². The monoisotopic (exact) mass is 627 g/mol. The van der Waals surface area contributed by atoms with Gasteiger partial charge >= 0.3 is 0 Å². The maximum absolute atomic E-state index is 10.9. The molecule has 0 saturated carbocycles. The van der Waals surface area contributed by atoms with Crippen LogP contribution >= 0.6 is 0 Å². The van der Waals surface area contributed by atoms with E-state index in [9.17, 15) is 5.26 Å². The average molecular weight is 628 g/mol. The SMILES string of the molecule is [C-]#[N+]c1cc(-c2cccc(-n3c4ccccc4c4ccccc43)c2)cc(C#N)c1[Si](c1ccccc1)(c1ccccc1)c1ccccc1. The Bertz CT molecular complexity index is 2340. The Balaban J connectivity index is 1.39. The van der Waals surface area contributed by atoms with Gasteiger partial charge in [0.15, 0.2) is 13.8 Å². The molecule has 0 amide bonds. The number of benzene rings is 7. The first-order valence-corrected chi connectivity index (χ1v) is 18.0. The maximum atomic E-state index is 10.9. The third-order valence-electron chi connectivity index (χ3n) is 9.37. The topological polar surface area (TPSA) is 33.1 Å². The molecule has 0 unspecified atom stereocenters. The average Bonchev–Trinajstić information content (AvgIpc) is 3.51. The molecule has 0 N–H and O–H groups in total. The summed E-state index contributed by atoms with van der Waals surface area (Å²) in [6.45, 7) is 8.55. The van der Waals surface area contributed by atoms with Crippen molar-refractivity contribution < 1.29 is 0 Å². The van der Waals surface area contributed by atoms with E-state index in [1.807, 2.05) is 30.3 Å². The number of fused-ring (bicyclic) bond motifs is 3. The molecule has 7 aromatic carbocycles. The van der Waals surface area contributed by atoms with Gasteiger partial charge in [0.25, 0.3) is 0 Å². The fourth-order valence-corrected chi connectivity index (χ4v) is 12.4. The third kappa shape index (κ3) is 4.55. The smallest absolute Gasteiger partial charge is 0.189 e. The number of hydrogen-bond donors (Lipinski definition) is 0. The van der Waals surface area contributed by atoms with Crippen LogP contribution in [-0.4, -0.2) is 12.6 Å². The number of para-hydroxylation sites is 2. The minimum Gasteiger partial charge on any atom is -0.309 e. The molecule has 0 saturated heterocycles. The second-order valence-electron chi connectivity index (χ2n) is 11.9. The van der Waals surface area contributed by atoms with E-state index in [1.165, 1.54) is 10.8 Å². The maximum Gasteiger partial charge on any atom is 0.189 e. The van der Waals surface area contributed by atoms with Gasteiger partial charge in [-0.1, -0.05) is 140 Å². The number of nitrogens with zero attached hydrogens (tertiary/aromatic N) is 3. The normalized spacial score (nSPS) is 11.3. The summed E-state index contributed by atoms with van der Waals surface area (Å²) >= 11 is 0. The van der Waals surface area contributed by atoms with Gasteiger partial charge in [0.2, 0.25) is 0 Å². The van der Waals surface area contributed by atoms with Crippen molar-refractivity contribution in [3.8, 4) is 22.9 Å². The van der Waals surface area contributed by atoms with Gasteiger partial charge in [-0.2, -0.15) is 5.26 Å². The summed E-state index contributed by atoms with van der Waals surface area (Å²) in [7, 11) is -3.11. The number of hydrogen-bond acceptors (Lipinski definition) is 1. The predicted octanol–water partition coefficient (Wildman–Crippen LogP) is 8.25. The van der Waals surface area contributed by atoms with Crippen LogP contribution in [0.25, 0.3) is 43.5 Å². The van der Waals surface area contributed by atoms with E-state index in [0.717, 1.165) is 48.6 Å². The molecule has 0 radical (unpaired) electrons. The van der Waals surface area contributed by atoms with Crippen molar-refractivity contribution in [1.29, 1.82) is 5.26 Å². The molecule has 1 aromatic heterocycles. The molecular formula is C44H29N3Si. The lowest BCUT2D eigenvalue weighted by atomic mass is 10.0. The van der Waals surface area contributed by atoms with Gasteiger partial charge in [0.1, 0.15) is 0 Å². The Morgan fingerprint density at radius 1 is 0.521 bits per heavy atom. The summed E-state index contributed by atoms with van der Waals surface area (Å²) in [6, 6.07) is 63.3. The Morgan fingerprint density at radius 3 is 1.52 bits per heavy atom. The van der Waals surface area contributed by atoms with Crippen LogP contribution in [0.3, 0.4) is 0 Å². The minimum atomic E-state index is -3.11. The first kappa shape index (κ1) is 29.0. The standard InChI is InChI=1S/C44H29N3Si/c1-46-41-30-33(32-16-15-17-35(29-32)47-42-26-13-11-24-39(42)40-25-12-14-27-43(40)47)28-34(31-45)44(41)48(36-18-5-2-6-19-36,37-20-7-3-8-21-37)38-22-9-4-10-23-38/h2-30H. The summed E-state index contributed by atoms with van der Waals surface area (Å²) in [4.78, 5) is 4.19. The third-order valence-corrected chi connectivity index (χ3v) is 14.2. The molecule has 8 rings (SSSR count). The quantitative estimate of drug-likeness (QED) is 0.104. The summed E-state index contributed by atoms with van der Waals surface area (Å²) in [5.74, 6) is 0. The van der Waals surface area contributed by atoms with Crippen LogP contribution < -0.4 is 20.7 Å². The molecule has 0 bridgehead atoms. The second kappa shape index (κ2) is 12.0. The lowest BCUT2D eigenvalue weighted by Gasteiger charge is -2.36. The zero-order valence-corrected chi connectivity index (χ0v) is 27.1. The van der Waals surface area contributed by atoms with E-state index in [2.05, 4.69) is 161 Å². The highest BCUT2D eigenvalue weighted by Crippen LogP contribution is 2.34. The van der Waals surface area contributed by atoms with Crippen molar-refractivity contribution in [2.24, 2.45) is 0 Å². The van der Waals surface area contributed by atoms with Crippen molar-refractivity contribution in [3.05, 3.63) is 193 Å². The molecule has 0 spiro atoms. The highest BCUT2D eigenvalue weighted by atomic mass is 28.3. The highest BCUT2D eigenvalue weighted by Gasteiger charge is 2.44. The molecule has 48 heavy (non-hydrogen) atoms. The summed E-state index contributed by atoms with van der Waals surface area (Å²) in [5, 5.41) is 17.5. The Hall–Kier alpha value is -6.46. The van der Waals surface area contributed by atoms with Gasteiger partial charge in [-0.05, 0) is 68.3 Å². The predicted molar refractivity (Wildman–Crippen MR) is 201 cm³/mol. The van der Waals surface area contributed by atoms with Gasteiger partial charge in [0.05, 0.1) is 23.7 Å². The Kier molecular flexibility index (Phi) is 7.27. The largest absolute Gasteiger partial charge is 0.309 e. The van der Waals surface area contributed by atoms with E-state index < -0.39 is 8.07 Å². The van der Waals surface area contributed by atoms with Crippen LogP contribution in [0.2, 0.25) is 0 Å². The molecule has 0 aliphatic carbocycles. The van der Waals surface area contributed by atoms with E-state index in [-0.39, 0.29) is 0 Å². The molecule has 0 fully saturated rings. The van der Waals surface area contributed by atoms with Crippen LogP contribution in [0.4, 0.5) is 5.69 Å². The molecule has 224 valence electrons. The van der Waals surface area contributed by atoms with E-state index >= 15 is 0 Å². The molecule has 4 heteroatoms. The number of aromatic nitrogens is 1. The first-order valence-electron chi connectivity index (χ1n) is 16.0. The van der Waals surface area contributed by atoms with Gasteiger partial charge < -0.3 is 4.57 Å². The van der Waals surface area contributed by atoms with Crippen molar-refractivity contribution in [1.82, 2.24) is 4.57 Å². The number of nitriles is 1. The van der Waals surface area contributed by atoms with Gasteiger partial charge in [-0.15, -0.1) is 0 Å². The van der Waals surface area contributed by atoms with Crippen LogP contribution in [0.15, 0.2) is 176 Å². The van der Waals surface area contributed by atoms with Crippen molar-refractivity contribution in [3.63, 3.8) is 0 Å². The number of rotatable bonds is 6. The fourth-order valence-electron chi connectivity index (χ4n) is 7.39. The van der Waals surface area contributed by atoms with Gasteiger partial charge in [-0.25, -0.2) is 4.85 Å². The van der Waals surface area contributed by atoms with E-state index in [1.54, 1.807) is 0 Å². The molecule has 0 atom stereocenters. The zero-order valence-electron chi connectivity index (χ0n) is 26.1. The molecule has 8 aromatic rings. The van der Waals surface area contributed by atoms with Crippen LogP contribution in [-0.2, 0) is 0 Å². The summed E-state index contributed by atoms with van der Waals surface area (Å²) in [5.41, 5.74) is 6.14. The first-order chi connectivity index (χ1) is 23.7. The van der Waals surface area contributed by atoms with Crippen LogP contribution in [0.1, 0.15) is 5.56 Å². The van der Waals surface area contributed by atoms with Crippen molar-refractivity contribution in [2.45, 2.75) is 0 Å². The second-order valence-corrected chi connectivity index (χ2v) is 15.6. The molecule has 0 aliphatic heterocycles. The minimum absolute atomic E-state index is 0.509. The summed E-state index contributed by atoms with van der Waals surface area (Å²) < 4.78 is 2.29. The Labute approximate surface area is 281 Å².